The first-order valence-corrected chi connectivity index (χ1v) is 9.54. The molecular weight excluding hydrogens is 396 g/mol. The molecule has 3 aromatic carbocycles. The summed E-state index contributed by atoms with van der Waals surface area (Å²) in [4.78, 5) is 37.4. The van der Waals surface area contributed by atoms with E-state index in [1.54, 1.807) is 18.2 Å². The maximum absolute atomic E-state index is 12.8. The maximum Gasteiger partial charge on any atom is 0.269 e. The SMILES string of the molecule is CN(C)c1ccc(NC(=O)c2ccc([N+](=O)[O-])cc2)cc1C(=O)NCc1ccccc1. The van der Waals surface area contributed by atoms with Crippen molar-refractivity contribution in [2.75, 3.05) is 24.3 Å². The Labute approximate surface area is 179 Å². The van der Waals surface area contributed by atoms with Crippen LogP contribution in [0.25, 0.3) is 0 Å². The molecule has 0 aliphatic carbocycles. The van der Waals surface area contributed by atoms with Crippen molar-refractivity contribution < 1.29 is 14.5 Å². The summed E-state index contributed by atoms with van der Waals surface area (Å²) in [6, 6.07) is 19.9. The predicted octanol–water partition coefficient (Wildman–Crippen LogP) is 3.84. The first-order valence-electron chi connectivity index (χ1n) is 9.54. The van der Waals surface area contributed by atoms with Gasteiger partial charge in [-0.3, -0.25) is 19.7 Å². The van der Waals surface area contributed by atoms with Gasteiger partial charge in [-0.2, -0.15) is 0 Å². The third-order valence-corrected chi connectivity index (χ3v) is 4.62. The van der Waals surface area contributed by atoms with Gasteiger partial charge in [0.15, 0.2) is 0 Å². The van der Waals surface area contributed by atoms with Gasteiger partial charge in [-0.05, 0) is 35.9 Å². The average molecular weight is 418 g/mol. The molecule has 0 fully saturated rings. The van der Waals surface area contributed by atoms with Crippen LogP contribution >= 0.6 is 0 Å². The second-order valence-electron chi connectivity index (χ2n) is 7.05. The highest BCUT2D eigenvalue weighted by molar-refractivity contribution is 6.06. The van der Waals surface area contributed by atoms with Crippen molar-refractivity contribution in [1.82, 2.24) is 5.32 Å². The van der Waals surface area contributed by atoms with Crippen LogP contribution < -0.4 is 15.5 Å². The Morgan fingerprint density at radius 1 is 0.935 bits per heavy atom. The molecule has 0 aliphatic heterocycles. The summed E-state index contributed by atoms with van der Waals surface area (Å²) >= 11 is 0. The number of non-ortho nitro benzene ring substituents is 1. The van der Waals surface area contributed by atoms with E-state index in [0.29, 0.717) is 23.5 Å². The van der Waals surface area contributed by atoms with Gasteiger partial charge in [-0.15, -0.1) is 0 Å². The molecule has 0 bridgehead atoms. The molecule has 0 aliphatic rings. The zero-order valence-electron chi connectivity index (χ0n) is 17.2. The van der Waals surface area contributed by atoms with Crippen LogP contribution in [0.1, 0.15) is 26.3 Å². The molecule has 0 saturated heterocycles. The van der Waals surface area contributed by atoms with Crippen LogP contribution in [0, 0.1) is 10.1 Å². The lowest BCUT2D eigenvalue weighted by atomic mass is 10.1. The highest BCUT2D eigenvalue weighted by atomic mass is 16.6. The van der Waals surface area contributed by atoms with E-state index in [0.717, 1.165) is 5.56 Å². The van der Waals surface area contributed by atoms with Gasteiger partial charge in [-0.1, -0.05) is 30.3 Å². The zero-order valence-corrected chi connectivity index (χ0v) is 17.2. The van der Waals surface area contributed by atoms with Crippen LogP contribution in [0.3, 0.4) is 0 Å². The van der Waals surface area contributed by atoms with Crippen LogP contribution in [-0.2, 0) is 6.54 Å². The highest BCUT2D eigenvalue weighted by Crippen LogP contribution is 2.24. The summed E-state index contributed by atoms with van der Waals surface area (Å²) in [5.74, 6) is -0.692. The van der Waals surface area contributed by atoms with Gasteiger partial charge in [0.1, 0.15) is 0 Å². The monoisotopic (exact) mass is 418 g/mol. The second kappa shape index (κ2) is 9.53. The van der Waals surface area contributed by atoms with Crippen molar-refractivity contribution in [3.8, 4) is 0 Å². The quantitative estimate of drug-likeness (QED) is 0.448. The van der Waals surface area contributed by atoms with Gasteiger partial charge in [0.25, 0.3) is 17.5 Å². The van der Waals surface area contributed by atoms with Crippen LogP contribution in [-0.4, -0.2) is 30.8 Å². The summed E-state index contributed by atoms with van der Waals surface area (Å²) in [5, 5.41) is 16.4. The molecule has 3 aromatic rings. The summed E-state index contributed by atoms with van der Waals surface area (Å²) in [5.41, 5.74) is 2.73. The number of hydrogen-bond acceptors (Lipinski definition) is 5. The Morgan fingerprint density at radius 2 is 1.61 bits per heavy atom. The van der Waals surface area contributed by atoms with Gasteiger partial charge < -0.3 is 15.5 Å². The number of nitro groups is 1. The number of carbonyl (C=O) groups is 2. The Bertz CT molecular complexity index is 1100. The van der Waals surface area contributed by atoms with E-state index in [1.807, 2.05) is 49.3 Å². The number of nitrogens with zero attached hydrogens (tertiary/aromatic N) is 2. The molecule has 8 nitrogen and oxygen atoms in total. The Balaban J connectivity index is 1.77. The van der Waals surface area contributed by atoms with Gasteiger partial charge in [0.2, 0.25) is 0 Å². The third kappa shape index (κ3) is 5.45. The van der Waals surface area contributed by atoms with Crippen molar-refractivity contribution in [2.45, 2.75) is 6.54 Å². The molecule has 0 heterocycles. The molecule has 0 atom stereocenters. The number of nitro benzene ring substituents is 1. The normalized spacial score (nSPS) is 10.3. The second-order valence-corrected chi connectivity index (χ2v) is 7.05. The van der Waals surface area contributed by atoms with Gasteiger partial charge in [0.05, 0.1) is 10.5 Å². The molecule has 0 radical (unpaired) electrons. The minimum Gasteiger partial charge on any atom is -0.377 e. The molecular formula is C23H22N4O4. The minimum atomic E-state index is -0.526. The van der Waals surface area contributed by atoms with E-state index in [-0.39, 0.29) is 17.2 Å². The first-order chi connectivity index (χ1) is 14.8. The van der Waals surface area contributed by atoms with Crippen molar-refractivity contribution in [3.05, 3.63) is 99.6 Å². The zero-order chi connectivity index (χ0) is 22.4. The molecule has 2 N–H and O–H groups in total. The van der Waals surface area contributed by atoms with E-state index >= 15 is 0 Å². The number of hydrogen-bond donors (Lipinski definition) is 2. The van der Waals surface area contributed by atoms with Gasteiger partial charge in [-0.25, -0.2) is 0 Å². The highest BCUT2D eigenvalue weighted by Gasteiger charge is 2.16. The first kappa shape index (κ1) is 21.5. The van der Waals surface area contributed by atoms with Crippen molar-refractivity contribution in [1.29, 1.82) is 0 Å². The van der Waals surface area contributed by atoms with E-state index < -0.39 is 10.8 Å². The smallest absolute Gasteiger partial charge is 0.269 e. The Hall–Kier alpha value is -4.20. The summed E-state index contributed by atoms with van der Waals surface area (Å²) < 4.78 is 0. The molecule has 0 spiro atoms. The van der Waals surface area contributed by atoms with Crippen molar-refractivity contribution >= 4 is 28.9 Å². The fourth-order valence-electron chi connectivity index (χ4n) is 3.00. The van der Waals surface area contributed by atoms with Crippen LogP contribution in [0.15, 0.2) is 72.8 Å². The number of nitrogens with one attached hydrogen (secondary N) is 2. The van der Waals surface area contributed by atoms with E-state index in [9.17, 15) is 19.7 Å². The van der Waals surface area contributed by atoms with E-state index in [1.165, 1.54) is 24.3 Å². The number of anilines is 2. The third-order valence-electron chi connectivity index (χ3n) is 4.62. The lowest BCUT2D eigenvalue weighted by Gasteiger charge is -2.18. The largest absolute Gasteiger partial charge is 0.377 e. The topological polar surface area (TPSA) is 105 Å². The van der Waals surface area contributed by atoms with Crippen LogP contribution in [0.2, 0.25) is 0 Å². The Kier molecular flexibility index (Phi) is 6.61. The van der Waals surface area contributed by atoms with E-state index in [2.05, 4.69) is 10.6 Å². The number of benzene rings is 3. The number of carbonyl (C=O) groups excluding carboxylic acids is 2. The summed E-state index contributed by atoms with van der Waals surface area (Å²) in [6.07, 6.45) is 0. The molecule has 31 heavy (non-hydrogen) atoms. The molecule has 158 valence electrons. The predicted molar refractivity (Wildman–Crippen MR) is 119 cm³/mol. The van der Waals surface area contributed by atoms with Crippen molar-refractivity contribution in [2.24, 2.45) is 0 Å². The van der Waals surface area contributed by atoms with Gasteiger partial charge >= 0.3 is 0 Å². The molecule has 8 heteroatoms. The molecule has 3 rings (SSSR count). The van der Waals surface area contributed by atoms with Crippen LogP contribution in [0.5, 0.6) is 0 Å². The standard InChI is InChI=1S/C23H22N4O4/c1-26(2)21-13-10-18(25-22(28)17-8-11-19(12-9-17)27(30)31)14-20(21)23(29)24-15-16-6-4-3-5-7-16/h3-14H,15H2,1-2H3,(H,24,29)(H,25,28). The molecule has 0 saturated carbocycles. The minimum absolute atomic E-state index is 0.0933. The van der Waals surface area contributed by atoms with E-state index in [4.69, 9.17) is 0 Å². The fourth-order valence-corrected chi connectivity index (χ4v) is 3.00. The lowest BCUT2D eigenvalue weighted by Crippen LogP contribution is -2.25. The maximum atomic E-state index is 12.8. The molecule has 0 unspecified atom stereocenters. The van der Waals surface area contributed by atoms with Crippen molar-refractivity contribution in [3.63, 3.8) is 0 Å². The molecule has 2 amide bonds. The summed E-state index contributed by atoms with van der Waals surface area (Å²) in [6.45, 7) is 0.381. The summed E-state index contributed by atoms with van der Waals surface area (Å²) in [7, 11) is 3.66. The average Bonchev–Trinajstić information content (AvgIpc) is 2.78. The lowest BCUT2D eigenvalue weighted by molar-refractivity contribution is -0.384. The van der Waals surface area contributed by atoms with Crippen LogP contribution in [0.4, 0.5) is 17.1 Å². The number of rotatable bonds is 7. The number of amides is 2. The molecule has 0 aromatic heterocycles. The van der Waals surface area contributed by atoms with Gasteiger partial charge in [0, 0.05) is 49.7 Å². The Morgan fingerprint density at radius 3 is 2.23 bits per heavy atom. The fraction of sp³-hybridized carbons (Fsp3) is 0.130.